The van der Waals surface area contributed by atoms with Gasteiger partial charge in [0.25, 0.3) is 0 Å². The second-order valence-corrected chi connectivity index (χ2v) is 3.12. The number of rotatable bonds is 4. The fraction of sp³-hybridized carbons (Fsp3) is 0.500. The Balaban J connectivity index is 2.22. The molecule has 0 aromatic heterocycles. The second-order valence-electron chi connectivity index (χ2n) is 3.12. The molecule has 72 valence electrons. The van der Waals surface area contributed by atoms with E-state index in [0.29, 0.717) is 12.5 Å². The summed E-state index contributed by atoms with van der Waals surface area (Å²) in [4.78, 5) is 10.4. The van der Waals surface area contributed by atoms with Gasteiger partial charge in [-0.3, -0.25) is 0 Å². The minimum atomic E-state index is -0.907. The first-order chi connectivity index (χ1) is 6.20. The van der Waals surface area contributed by atoms with Crippen LogP contribution in [-0.4, -0.2) is 23.8 Å². The zero-order chi connectivity index (χ0) is 9.68. The maximum absolute atomic E-state index is 10.4. The molecule has 0 saturated carbocycles. The van der Waals surface area contributed by atoms with Crippen molar-refractivity contribution >= 4 is 5.97 Å². The standard InChI is InChI=1S/C10H14O3/c1-8(10(11)12)13-7-9-5-3-2-4-6-9/h2-5,8-9H,6-7H2,1H3,(H,11,12). The van der Waals surface area contributed by atoms with Crippen molar-refractivity contribution in [3.8, 4) is 0 Å². The summed E-state index contributed by atoms with van der Waals surface area (Å²) in [6.45, 7) is 2.03. The largest absolute Gasteiger partial charge is 0.479 e. The van der Waals surface area contributed by atoms with Gasteiger partial charge in [0.2, 0.25) is 0 Å². The highest BCUT2D eigenvalue weighted by Gasteiger charge is 2.13. The molecule has 3 nitrogen and oxygen atoms in total. The Morgan fingerprint density at radius 1 is 1.69 bits per heavy atom. The molecular weight excluding hydrogens is 168 g/mol. The maximum Gasteiger partial charge on any atom is 0.332 e. The first-order valence-corrected chi connectivity index (χ1v) is 4.38. The predicted octanol–water partition coefficient (Wildman–Crippen LogP) is 1.61. The van der Waals surface area contributed by atoms with Gasteiger partial charge in [0.1, 0.15) is 0 Å². The van der Waals surface area contributed by atoms with Crippen molar-refractivity contribution in [3.63, 3.8) is 0 Å². The lowest BCUT2D eigenvalue weighted by Crippen LogP contribution is -2.22. The fourth-order valence-corrected chi connectivity index (χ4v) is 1.09. The van der Waals surface area contributed by atoms with Crippen LogP contribution in [0, 0.1) is 5.92 Å². The van der Waals surface area contributed by atoms with Crippen LogP contribution in [-0.2, 0) is 9.53 Å². The van der Waals surface area contributed by atoms with Crippen molar-refractivity contribution in [2.75, 3.05) is 6.61 Å². The van der Waals surface area contributed by atoms with Crippen LogP contribution in [0.5, 0.6) is 0 Å². The molecule has 1 rings (SSSR count). The molecule has 0 aliphatic heterocycles. The van der Waals surface area contributed by atoms with Crippen molar-refractivity contribution in [3.05, 3.63) is 24.3 Å². The summed E-state index contributed by atoms with van der Waals surface area (Å²) >= 11 is 0. The van der Waals surface area contributed by atoms with Gasteiger partial charge in [0.05, 0.1) is 6.61 Å². The van der Waals surface area contributed by atoms with E-state index >= 15 is 0 Å². The number of hydrogen-bond acceptors (Lipinski definition) is 2. The first kappa shape index (κ1) is 9.99. The summed E-state index contributed by atoms with van der Waals surface area (Å²) in [5.41, 5.74) is 0. The van der Waals surface area contributed by atoms with Crippen LogP contribution < -0.4 is 0 Å². The fourth-order valence-electron chi connectivity index (χ4n) is 1.09. The second kappa shape index (κ2) is 4.82. The first-order valence-electron chi connectivity index (χ1n) is 4.38. The Morgan fingerprint density at radius 3 is 3.00 bits per heavy atom. The molecule has 1 aliphatic carbocycles. The molecule has 3 heteroatoms. The van der Waals surface area contributed by atoms with Crippen molar-refractivity contribution in [1.29, 1.82) is 0 Å². The molecule has 0 amide bonds. The van der Waals surface area contributed by atoms with Crippen LogP contribution in [0.25, 0.3) is 0 Å². The van der Waals surface area contributed by atoms with E-state index in [2.05, 4.69) is 6.08 Å². The third-order valence-electron chi connectivity index (χ3n) is 1.98. The van der Waals surface area contributed by atoms with Gasteiger partial charge in [-0.2, -0.15) is 0 Å². The number of aliphatic carboxylic acids is 1. The summed E-state index contributed by atoms with van der Waals surface area (Å²) in [5, 5.41) is 8.55. The van der Waals surface area contributed by atoms with Gasteiger partial charge in [-0.05, 0) is 13.3 Å². The molecule has 0 radical (unpaired) electrons. The smallest absolute Gasteiger partial charge is 0.332 e. The van der Waals surface area contributed by atoms with Gasteiger partial charge < -0.3 is 9.84 Å². The van der Waals surface area contributed by atoms with Crippen LogP contribution in [0.3, 0.4) is 0 Å². The average Bonchev–Trinajstić information content (AvgIpc) is 2.15. The van der Waals surface area contributed by atoms with Crippen LogP contribution in [0.2, 0.25) is 0 Å². The van der Waals surface area contributed by atoms with Gasteiger partial charge >= 0.3 is 5.97 Å². The Kier molecular flexibility index (Phi) is 3.71. The summed E-state index contributed by atoms with van der Waals surface area (Å²) < 4.78 is 5.16. The van der Waals surface area contributed by atoms with Crippen LogP contribution in [0.4, 0.5) is 0 Å². The van der Waals surface area contributed by atoms with E-state index in [0.717, 1.165) is 6.42 Å². The molecule has 0 saturated heterocycles. The number of carbonyl (C=O) groups is 1. The molecule has 13 heavy (non-hydrogen) atoms. The number of carboxylic acid groups (broad SMARTS) is 1. The SMILES string of the molecule is CC(OCC1C=CC=CC1)C(=O)O. The lowest BCUT2D eigenvalue weighted by Gasteiger charge is -2.15. The van der Waals surface area contributed by atoms with Crippen LogP contribution in [0.1, 0.15) is 13.3 Å². The zero-order valence-corrected chi connectivity index (χ0v) is 7.64. The molecule has 1 aliphatic rings. The van der Waals surface area contributed by atoms with Gasteiger partial charge in [0.15, 0.2) is 6.10 Å². The molecule has 0 bridgehead atoms. The van der Waals surface area contributed by atoms with Crippen LogP contribution >= 0.6 is 0 Å². The van der Waals surface area contributed by atoms with E-state index in [1.165, 1.54) is 0 Å². The topological polar surface area (TPSA) is 46.5 Å². The minimum Gasteiger partial charge on any atom is -0.479 e. The molecule has 0 fully saturated rings. The van der Waals surface area contributed by atoms with Gasteiger partial charge in [-0.1, -0.05) is 24.3 Å². The average molecular weight is 182 g/mol. The molecule has 0 heterocycles. The molecule has 2 atom stereocenters. The van der Waals surface area contributed by atoms with Gasteiger partial charge in [-0.25, -0.2) is 4.79 Å². The van der Waals surface area contributed by atoms with E-state index in [4.69, 9.17) is 9.84 Å². The summed E-state index contributed by atoms with van der Waals surface area (Å²) in [5.74, 6) is -0.581. The summed E-state index contributed by atoms with van der Waals surface area (Å²) in [6, 6.07) is 0. The Hall–Kier alpha value is -1.09. The number of carboxylic acids is 1. The molecule has 0 aromatic rings. The van der Waals surface area contributed by atoms with E-state index in [-0.39, 0.29) is 0 Å². The number of allylic oxidation sites excluding steroid dienone is 3. The predicted molar refractivity (Wildman–Crippen MR) is 49.4 cm³/mol. The van der Waals surface area contributed by atoms with E-state index in [9.17, 15) is 4.79 Å². The van der Waals surface area contributed by atoms with Crippen molar-refractivity contribution in [2.45, 2.75) is 19.4 Å². The Labute approximate surface area is 77.7 Å². The Bertz CT molecular complexity index is 230. The molecular formula is C10H14O3. The highest BCUT2D eigenvalue weighted by atomic mass is 16.5. The lowest BCUT2D eigenvalue weighted by molar-refractivity contribution is -0.149. The van der Waals surface area contributed by atoms with Crippen LogP contribution in [0.15, 0.2) is 24.3 Å². The number of hydrogen-bond donors (Lipinski definition) is 1. The quantitative estimate of drug-likeness (QED) is 0.718. The summed E-state index contributed by atoms with van der Waals surface area (Å²) in [7, 11) is 0. The van der Waals surface area contributed by atoms with Crippen molar-refractivity contribution in [1.82, 2.24) is 0 Å². The molecule has 1 N–H and O–H groups in total. The van der Waals surface area contributed by atoms with Gasteiger partial charge in [0, 0.05) is 5.92 Å². The monoisotopic (exact) mass is 182 g/mol. The van der Waals surface area contributed by atoms with E-state index in [1.54, 1.807) is 6.92 Å². The van der Waals surface area contributed by atoms with Gasteiger partial charge in [-0.15, -0.1) is 0 Å². The van der Waals surface area contributed by atoms with E-state index < -0.39 is 12.1 Å². The van der Waals surface area contributed by atoms with E-state index in [1.807, 2.05) is 18.2 Å². The minimum absolute atomic E-state index is 0.326. The zero-order valence-electron chi connectivity index (χ0n) is 7.64. The maximum atomic E-state index is 10.4. The highest BCUT2D eigenvalue weighted by molar-refractivity contribution is 5.71. The molecule has 0 aromatic carbocycles. The Morgan fingerprint density at radius 2 is 2.46 bits per heavy atom. The van der Waals surface area contributed by atoms with Crippen molar-refractivity contribution < 1.29 is 14.6 Å². The summed E-state index contributed by atoms with van der Waals surface area (Å²) in [6.07, 6.45) is 8.26. The molecule has 2 unspecified atom stereocenters. The lowest BCUT2D eigenvalue weighted by atomic mass is 10.0. The normalized spacial score (nSPS) is 23.0. The van der Waals surface area contributed by atoms with Crippen molar-refractivity contribution in [2.24, 2.45) is 5.92 Å². The third-order valence-corrected chi connectivity index (χ3v) is 1.98. The molecule has 0 spiro atoms. The third kappa shape index (κ3) is 3.42. The highest BCUT2D eigenvalue weighted by Crippen LogP contribution is 2.12. The number of ether oxygens (including phenoxy) is 1.